The summed E-state index contributed by atoms with van der Waals surface area (Å²) in [5.74, 6) is 0. The van der Waals surface area contributed by atoms with Crippen molar-refractivity contribution in [1.29, 1.82) is 10.5 Å². The first-order valence-corrected chi connectivity index (χ1v) is 7.67. The van der Waals surface area contributed by atoms with E-state index in [0.717, 1.165) is 31.9 Å². The summed E-state index contributed by atoms with van der Waals surface area (Å²) in [5, 5.41) is 18.3. The van der Waals surface area contributed by atoms with Crippen molar-refractivity contribution in [2.24, 2.45) is 4.99 Å². The van der Waals surface area contributed by atoms with Crippen LogP contribution in [0.5, 0.6) is 0 Å². The highest BCUT2D eigenvalue weighted by molar-refractivity contribution is 7.21. The summed E-state index contributed by atoms with van der Waals surface area (Å²) >= 11 is 1.61. The molecule has 0 bridgehead atoms. The predicted octanol–water partition coefficient (Wildman–Crippen LogP) is 3.65. The second-order valence-electron chi connectivity index (χ2n) is 4.96. The van der Waals surface area contributed by atoms with Crippen LogP contribution in [-0.2, 0) is 6.54 Å². The molecular weight excluding hydrogens is 306 g/mol. The quantitative estimate of drug-likeness (QED) is 0.690. The summed E-state index contributed by atoms with van der Waals surface area (Å²) in [6, 6.07) is 11.4. The third kappa shape index (κ3) is 3.23. The Hall–Kier alpha value is -3.09. The Kier molecular flexibility index (Phi) is 4.09. The second-order valence-corrected chi connectivity index (χ2v) is 5.99. The van der Waals surface area contributed by atoms with Gasteiger partial charge in [-0.3, -0.25) is 9.98 Å². The third-order valence-electron chi connectivity index (χ3n) is 3.21. The fourth-order valence-corrected chi connectivity index (χ4v) is 3.06. The van der Waals surface area contributed by atoms with Gasteiger partial charge in [-0.15, -0.1) is 11.3 Å². The monoisotopic (exact) mass is 317 g/mol. The molecule has 0 fully saturated rings. The molecule has 110 valence electrons. The number of aromatic nitrogens is 2. The molecule has 0 N–H and O–H groups in total. The maximum Gasteiger partial charge on any atom is 0.213 e. The van der Waals surface area contributed by atoms with E-state index in [9.17, 15) is 0 Å². The van der Waals surface area contributed by atoms with Crippen LogP contribution in [0.4, 0.5) is 0 Å². The lowest BCUT2D eigenvalue weighted by Gasteiger charge is -1.96. The molecule has 3 rings (SSSR count). The SMILES string of the molecule is Cc1cncc(-c2nc3cc(CN=C(C#N)C#N)ccc3s2)c1. The number of fused-ring (bicyclic) bond motifs is 1. The Balaban J connectivity index is 1.94. The molecule has 0 spiro atoms. The van der Waals surface area contributed by atoms with Gasteiger partial charge in [0.2, 0.25) is 5.71 Å². The van der Waals surface area contributed by atoms with Crippen LogP contribution in [0, 0.1) is 29.6 Å². The van der Waals surface area contributed by atoms with Crippen LogP contribution in [0.1, 0.15) is 11.1 Å². The zero-order valence-corrected chi connectivity index (χ0v) is 13.1. The van der Waals surface area contributed by atoms with Crippen LogP contribution < -0.4 is 0 Å². The van der Waals surface area contributed by atoms with Gasteiger partial charge in [-0.25, -0.2) is 4.98 Å². The number of thiazole rings is 1. The Morgan fingerprint density at radius 1 is 1.22 bits per heavy atom. The van der Waals surface area contributed by atoms with Gasteiger partial charge < -0.3 is 0 Å². The molecule has 0 saturated carbocycles. The fourth-order valence-electron chi connectivity index (χ4n) is 2.13. The largest absolute Gasteiger partial charge is 0.264 e. The molecule has 0 radical (unpaired) electrons. The smallest absolute Gasteiger partial charge is 0.213 e. The van der Waals surface area contributed by atoms with Crippen molar-refractivity contribution in [3.05, 3.63) is 47.8 Å². The first kappa shape index (κ1) is 14.8. The Morgan fingerprint density at radius 3 is 2.78 bits per heavy atom. The molecule has 3 aromatic rings. The van der Waals surface area contributed by atoms with Crippen molar-refractivity contribution < 1.29 is 0 Å². The van der Waals surface area contributed by atoms with Crippen molar-refractivity contribution in [1.82, 2.24) is 9.97 Å². The molecule has 2 aromatic heterocycles. The first-order valence-electron chi connectivity index (χ1n) is 6.86. The number of hydrogen-bond donors (Lipinski definition) is 0. The summed E-state index contributed by atoms with van der Waals surface area (Å²) in [7, 11) is 0. The van der Waals surface area contributed by atoms with E-state index in [1.54, 1.807) is 23.5 Å². The van der Waals surface area contributed by atoms with Crippen LogP contribution in [-0.4, -0.2) is 15.7 Å². The zero-order chi connectivity index (χ0) is 16.2. The van der Waals surface area contributed by atoms with Gasteiger partial charge in [-0.1, -0.05) is 6.07 Å². The lowest BCUT2D eigenvalue weighted by Crippen LogP contribution is -1.90. The maximum absolute atomic E-state index is 8.71. The van der Waals surface area contributed by atoms with Gasteiger partial charge in [-0.05, 0) is 36.2 Å². The predicted molar refractivity (Wildman–Crippen MR) is 90.0 cm³/mol. The molecule has 0 unspecified atom stereocenters. The lowest BCUT2D eigenvalue weighted by atomic mass is 10.2. The Labute approximate surface area is 137 Å². The minimum absolute atomic E-state index is 0.116. The average Bonchev–Trinajstić information content (AvgIpc) is 2.99. The number of nitriles is 2. The minimum atomic E-state index is -0.116. The Morgan fingerprint density at radius 2 is 2.04 bits per heavy atom. The molecule has 6 heteroatoms. The van der Waals surface area contributed by atoms with Gasteiger partial charge in [0.1, 0.15) is 17.1 Å². The maximum atomic E-state index is 8.71. The summed E-state index contributed by atoms with van der Waals surface area (Å²) in [5.41, 5.74) is 3.78. The Bertz CT molecular complexity index is 972. The molecule has 0 aliphatic carbocycles. The number of aliphatic imine (C=N–C) groups is 1. The third-order valence-corrected chi connectivity index (χ3v) is 4.29. The van der Waals surface area contributed by atoms with E-state index >= 15 is 0 Å². The average molecular weight is 317 g/mol. The first-order chi connectivity index (χ1) is 11.2. The summed E-state index contributed by atoms with van der Waals surface area (Å²) < 4.78 is 1.08. The second kappa shape index (κ2) is 6.35. The van der Waals surface area contributed by atoms with Crippen molar-refractivity contribution in [3.8, 4) is 22.7 Å². The highest BCUT2D eigenvalue weighted by Gasteiger charge is 2.07. The molecule has 2 heterocycles. The molecule has 23 heavy (non-hydrogen) atoms. The van der Waals surface area contributed by atoms with Gasteiger partial charge in [0.25, 0.3) is 0 Å². The van der Waals surface area contributed by atoms with E-state index in [1.807, 2.05) is 37.5 Å². The van der Waals surface area contributed by atoms with E-state index < -0.39 is 0 Å². The van der Waals surface area contributed by atoms with Gasteiger partial charge in [-0.2, -0.15) is 10.5 Å². The van der Waals surface area contributed by atoms with Crippen molar-refractivity contribution in [2.45, 2.75) is 13.5 Å². The molecule has 1 aromatic carbocycles. The van der Waals surface area contributed by atoms with E-state index in [0.29, 0.717) is 6.54 Å². The molecule has 5 nitrogen and oxygen atoms in total. The van der Waals surface area contributed by atoms with Crippen LogP contribution in [0.15, 0.2) is 41.7 Å². The normalized spacial score (nSPS) is 10.0. The number of rotatable bonds is 3. The number of hydrogen-bond acceptors (Lipinski definition) is 6. The van der Waals surface area contributed by atoms with E-state index in [1.165, 1.54) is 0 Å². The summed E-state index contributed by atoms with van der Waals surface area (Å²) in [6.07, 6.45) is 3.62. The standard InChI is InChI=1S/C17H11N5S/c1-11-4-13(10-20-8-11)17-22-15-5-12(2-3-16(15)23-17)9-21-14(6-18)7-19/h2-5,8,10H,9H2,1H3. The number of nitrogens with zero attached hydrogens (tertiary/aromatic N) is 5. The lowest BCUT2D eigenvalue weighted by molar-refractivity contribution is 1.08. The molecule has 0 saturated heterocycles. The summed E-state index contributed by atoms with van der Waals surface area (Å²) in [4.78, 5) is 12.8. The van der Waals surface area contributed by atoms with Gasteiger partial charge in [0.05, 0.1) is 16.8 Å². The topological polar surface area (TPSA) is 85.7 Å². The van der Waals surface area contributed by atoms with Crippen LogP contribution >= 0.6 is 11.3 Å². The number of benzene rings is 1. The van der Waals surface area contributed by atoms with E-state index in [2.05, 4.69) is 21.0 Å². The van der Waals surface area contributed by atoms with Gasteiger partial charge in [0, 0.05) is 18.0 Å². The number of aryl methyl sites for hydroxylation is 1. The van der Waals surface area contributed by atoms with Crippen molar-refractivity contribution in [3.63, 3.8) is 0 Å². The summed E-state index contributed by atoms with van der Waals surface area (Å²) in [6.45, 7) is 2.30. The highest BCUT2D eigenvalue weighted by Crippen LogP contribution is 2.30. The van der Waals surface area contributed by atoms with E-state index in [4.69, 9.17) is 10.5 Å². The molecular formula is C17H11N5S. The molecule has 0 amide bonds. The van der Waals surface area contributed by atoms with Gasteiger partial charge in [0.15, 0.2) is 0 Å². The van der Waals surface area contributed by atoms with Crippen LogP contribution in [0.25, 0.3) is 20.8 Å². The van der Waals surface area contributed by atoms with Crippen molar-refractivity contribution >= 4 is 27.3 Å². The highest BCUT2D eigenvalue weighted by atomic mass is 32.1. The molecule has 0 atom stereocenters. The number of pyridine rings is 1. The minimum Gasteiger partial charge on any atom is -0.264 e. The van der Waals surface area contributed by atoms with Crippen LogP contribution in [0.3, 0.4) is 0 Å². The van der Waals surface area contributed by atoms with E-state index in [-0.39, 0.29) is 5.71 Å². The fraction of sp³-hybridized carbons (Fsp3) is 0.118. The zero-order valence-electron chi connectivity index (χ0n) is 12.3. The molecule has 0 aliphatic heterocycles. The van der Waals surface area contributed by atoms with Crippen molar-refractivity contribution in [2.75, 3.05) is 0 Å². The van der Waals surface area contributed by atoms with Gasteiger partial charge >= 0.3 is 0 Å². The van der Waals surface area contributed by atoms with Crippen LogP contribution in [0.2, 0.25) is 0 Å². The molecule has 0 aliphatic rings.